The largest absolute Gasteiger partial charge is 0.324 e. The van der Waals surface area contributed by atoms with Crippen molar-refractivity contribution in [2.24, 2.45) is 5.10 Å². The fourth-order valence-electron chi connectivity index (χ4n) is 1.74. The molecule has 0 saturated heterocycles. The maximum Gasteiger partial charge on any atom is 0.237 e. The molecule has 1 aromatic carbocycles. The molecule has 0 radical (unpaired) electrons. The molecule has 1 aliphatic heterocycles. The van der Waals surface area contributed by atoms with E-state index < -0.39 is 5.82 Å². The highest BCUT2D eigenvalue weighted by Gasteiger charge is 2.19. The molecule has 1 aliphatic rings. The van der Waals surface area contributed by atoms with Gasteiger partial charge < -0.3 is 5.32 Å². The van der Waals surface area contributed by atoms with Gasteiger partial charge in [0.1, 0.15) is 18.0 Å². The Kier molecular flexibility index (Phi) is 3.39. The molecule has 0 aliphatic carbocycles. The first-order valence-electron chi connectivity index (χ1n) is 5.40. The molecule has 0 spiro atoms. The van der Waals surface area contributed by atoms with Gasteiger partial charge in [-0.1, -0.05) is 0 Å². The third kappa shape index (κ3) is 2.67. The maximum atomic E-state index is 13.4. The quantitative estimate of drug-likeness (QED) is 0.619. The number of hydrogen-bond acceptors (Lipinski definition) is 5. The van der Waals surface area contributed by atoms with Crippen LogP contribution in [-0.2, 0) is 11.2 Å². The van der Waals surface area contributed by atoms with Gasteiger partial charge >= 0.3 is 0 Å². The predicted molar refractivity (Wildman–Crippen MR) is 65.6 cm³/mol. The number of anilines is 2. The summed E-state index contributed by atoms with van der Waals surface area (Å²) in [6.45, 7) is 0. The van der Waals surface area contributed by atoms with Crippen LogP contribution in [0.2, 0.25) is 0 Å². The highest BCUT2D eigenvalue weighted by Crippen LogP contribution is 2.31. The average Bonchev–Trinajstić information content (AvgIpc) is 2.40. The molecule has 0 saturated carbocycles. The van der Waals surface area contributed by atoms with Crippen molar-refractivity contribution >= 4 is 23.0 Å². The lowest BCUT2D eigenvalue weighted by Gasteiger charge is -2.19. The van der Waals surface area contributed by atoms with Gasteiger partial charge in [-0.25, -0.2) is 4.39 Å². The monoisotopic (exact) mass is 257 g/mol. The Morgan fingerprint density at radius 3 is 2.79 bits per heavy atom. The third-order valence-corrected chi connectivity index (χ3v) is 2.57. The van der Waals surface area contributed by atoms with Crippen LogP contribution in [0.15, 0.2) is 17.2 Å². The number of nitrogens with one attached hydrogen (secondary N) is 2. The number of amides is 1. The molecular weight excluding hydrogens is 249 g/mol. The Bertz CT molecular complexity index is 637. The van der Waals surface area contributed by atoms with Crippen molar-refractivity contribution in [1.82, 2.24) is 0 Å². The molecule has 0 aromatic heterocycles. The van der Waals surface area contributed by atoms with E-state index in [2.05, 4.69) is 15.8 Å². The van der Waals surface area contributed by atoms with Gasteiger partial charge in [-0.05, 0) is 18.1 Å². The van der Waals surface area contributed by atoms with Crippen LogP contribution in [0.4, 0.5) is 15.8 Å². The normalized spacial score (nSPS) is 12.5. The zero-order chi connectivity index (χ0) is 13.8. The van der Waals surface area contributed by atoms with Crippen LogP contribution in [0, 0.1) is 28.5 Å². The number of aryl methyl sites for hydroxylation is 1. The standard InChI is InChI=1S/C12H8FN5O/c13-8-3-7-1-2-11(19)16-12(7)10(4-8)18-17-9(5-14)6-15/h3-4,18H,1-2H2,(H,16,19). The zero-order valence-corrected chi connectivity index (χ0v) is 9.70. The van der Waals surface area contributed by atoms with Crippen LogP contribution in [0.25, 0.3) is 0 Å². The molecule has 7 heteroatoms. The zero-order valence-electron chi connectivity index (χ0n) is 9.70. The molecule has 19 heavy (non-hydrogen) atoms. The Morgan fingerprint density at radius 1 is 1.37 bits per heavy atom. The predicted octanol–water partition coefficient (Wildman–Crippen LogP) is 1.53. The molecule has 6 nitrogen and oxygen atoms in total. The van der Waals surface area contributed by atoms with Crippen LogP contribution < -0.4 is 10.7 Å². The van der Waals surface area contributed by atoms with Gasteiger partial charge in [0.25, 0.3) is 0 Å². The van der Waals surface area contributed by atoms with Gasteiger partial charge in [0, 0.05) is 12.5 Å². The molecule has 2 N–H and O–H groups in total. The number of rotatable bonds is 2. The number of fused-ring (bicyclic) bond motifs is 1. The van der Waals surface area contributed by atoms with E-state index >= 15 is 0 Å². The fraction of sp³-hybridized carbons (Fsp3) is 0.167. The molecule has 0 unspecified atom stereocenters. The smallest absolute Gasteiger partial charge is 0.237 e. The molecule has 0 atom stereocenters. The van der Waals surface area contributed by atoms with Gasteiger partial charge in [0.05, 0.1) is 11.4 Å². The van der Waals surface area contributed by atoms with Crippen molar-refractivity contribution in [2.45, 2.75) is 12.8 Å². The summed E-state index contributed by atoms with van der Waals surface area (Å²) in [7, 11) is 0. The van der Waals surface area contributed by atoms with E-state index in [1.54, 1.807) is 12.1 Å². The van der Waals surface area contributed by atoms with E-state index in [4.69, 9.17) is 10.5 Å². The van der Waals surface area contributed by atoms with Crippen molar-refractivity contribution < 1.29 is 9.18 Å². The lowest BCUT2D eigenvalue weighted by Crippen LogP contribution is -2.20. The maximum absolute atomic E-state index is 13.4. The number of halogens is 1. The van der Waals surface area contributed by atoms with Crippen molar-refractivity contribution in [3.63, 3.8) is 0 Å². The highest BCUT2D eigenvalue weighted by atomic mass is 19.1. The number of nitriles is 2. The lowest BCUT2D eigenvalue weighted by molar-refractivity contribution is -0.116. The minimum atomic E-state index is -0.483. The molecular formula is C12H8FN5O. The number of benzene rings is 1. The number of carbonyl (C=O) groups is 1. The molecule has 0 fully saturated rings. The third-order valence-electron chi connectivity index (χ3n) is 2.57. The van der Waals surface area contributed by atoms with Crippen molar-refractivity contribution in [2.75, 3.05) is 10.7 Å². The number of carbonyl (C=O) groups excluding carboxylic acids is 1. The molecule has 1 heterocycles. The van der Waals surface area contributed by atoms with Gasteiger partial charge in [-0.3, -0.25) is 10.2 Å². The summed E-state index contributed by atoms with van der Waals surface area (Å²) in [5.74, 6) is -0.657. The van der Waals surface area contributed by atoms with E-state index in [9.17, 15) is 9.18 Å². The van der Waals surface area contributed by atoms with E-state index in [-0.39, 0.29) is 17.3 Å². The SMILES string of the molecule is N#CC(C#N)=NNc1cc(F)cc2c1NC(=O)CC2. The summed E-state index contributed by atoms with van der Waals surface area (Å²) in [5, 5.41) is 23.2. The summed E-state index contributed by atoms with van der Waals surface area (Å²) in [4.78, 5) is 11.3. The fourth-order valence-corrected chi connectivity index (χ4v) is 1.74. The highest BCUT2D eigenvalue weighted by molar-refractivity contribution is 6.10. The number of nitrogens with zero attached hydrogens (tertiary/aromatic N) is 3. The Labute approximate surface area is 108 Å². The van der Waals surface area contributed by atoms with Crippen LogP contribution >= 0.6 is 0 Å². The molecule has 94 valence electrons. The summed E-state index contributed by atoms with van der Waals surface area (Å²) >= 11 is 0. The summed E-state index contributed by atoms with van der Waals surface area (Å²) < 4.78 is 13.4. The molecule has 1 amide bonds. The van der Waals surface area contributed by atoms with Crippen molar-refractivity contribution in [1.29, 1.82) is 10.5 Å². The lowest BCUT2D eigenvalue weighted by atomic mass is 10.0. The first kappa shape index (κ1) is 12.5. The number of hydrazone groups is 1. The summed E-state index contributed by atoms with van der Waals surface area (Å²) in [5.41, 5.74) is 3.32. The second-order valence-corrected chi connectivity index (χ2v) is 3.83. The topological polar surface area (TPSA) is 101 Å². The molecule has 0 bridgehead atoms. The summed E-state index contributed by atoms with van der Waals surface area (Å²) in [6, 6.07) is 5.61. The van der Waals surface area contributed by atoms with Crippen molar-refractivity contribution in [3.8, 4) is 12.1 Å². The Balaban J connectivity index is 2.39. The minimum Gasteiger partial charge on any atom is -0.324 e. The van der Waals surface area contributed by atoms with E-state index in [1.165, 1.54) is 6.07 Å². The van der Waals surface area contributed by atoms with Crippen LogP contribution in [0.5, 0.6) is 0 Å². The second kappa shape index (κ2) is 5.15. The van der Waals surface area contributed by atoms with E-state index in [1.807, 2.05) is 0 Å². The second-order valence-electron chi connectivity index (χ2n) is 3.83. The Morgan fingerprint density at radius 2 is 2.11 bits per heavy atom. The van der Waals surface area contributed by atoms with Crippen LogP contribution in [0.1, 0.15) is 12.0 Å². The summed E-state index contributed by atoms with van der Waals surface area (Å²) in [6.07, 6.45) is 0.724. The Hall–Kier alpha value is -2.93. The minimum absolute atomic E-state index is 0.174. The van der Waals surface area contributed by atoms with Gasteiger partial charge in [-0.15, -0.1) is 0 Å². The number of hydrogen-bond donors (Lipinski definition) is 2. The van der Waals surface area contributed by atoms with Gasteiger partial charge in [-0.2, -0.15) is 15.6 Å². The van der Waals surface area contributed by atoms with Gasteiger partial charge in [0.2, 0.25) is 11.6 Å². The molecule has 1 aromatic rings. The van der Waals surface area contributed by atoms with Crippen molar-refractivity contribution in [3.05, 3.63) is 23.5 Å². The van der Waals surface area contributed by atoms with E-state index in [0.717, 1.165) is 6.07 Å². The average molecular weight is 257 g/mol. The van der Waals surface area contributed by atoms with Gasteiger partial charge in [0.15, 0.2) is 0 Å². The molecule has 2 rings (SSSR count). The first-order valence-corrected chi connectivity index (χ1v) is 5.40. The first-order chi connectivity index (χ1) is 9.13. The van der Waals surface area contributed by atoms with Crippen LogP contribution in [-0.4, -0.2) is 11.6 Å². The van der Waals surface area contributed by atoms with Crippen LogP contribution in [0.3, 0.4) is 0 Å². The van der Waals surface area contributed by atoms with E-state index in [0.29, 0.717) is 24.1 Å².